The summed E-state index contributed by atoms with van der Waals surface area (Å²) in [5.41, 5.74) is 6.46. The highest BCUT2D eigenvalue weighted by molar-refractivity contribution is 6.00. The lowest BCUT2D eigenvalue weighted by Gasteiger charge is -2.09. The molecular weight excluding hydrogens is 300 g/mol. The lowest BCUT2D eigenvalue weighted by molar-refractivity contribution is 0.0697. The lowest BCUT2D eigenvalue weighted by atomic mass is 9.96. The van der Waals surface area contributed by atoms with Crippen molar-refractivity contribution in [3.05, 3.63) is 90.0 Å². The molecule has 3 rings (SSSR count). The number of carbonyl (C=O) groups is 1. The van der Waals surface area contributed by atoms with Gasteiger partial charge in [0, 0.05) is 5.56 Å². The summed E-state index contributed by atoms with van der Waals surface area (Å²) in [7, 11) is 0. The molecule has 0 aliphatic carbocycles. The number of anilines is 1. The van der Waals surface area contributed by atoms with Crippen molar-refractivity contribution in [1.82, 2.24) is 0 Å². The Hall–Kier alpha value is -3.40. The van der Waals surface area contributed by atoms with Crippen LogP contribution in [0.1, 0.15) is 15.9 Å². The predicted octanol–water partition coefficient (Wildman–Crippen LogP) is 4.50. The number of hydrazone groups is 1. The summed E-state index contributed by atoms with van der Waals surface area (Å²) in [6, 6.07) is 24.2. The first kappa shape index (κ1) is 15.5. The monoisotopic (exact) mass is 316 g/mol. The van der Waals surface area contributed by atoms with Gasteiger partial charge in [-0.05, 0) is 29.3 Å². The van der Waals surface area contributed by atoms with Gasteiger partial charge in [-0.1, -0.05) is 60.7 Å². The van der Waals surface area contributed by atoms with Crippen molar-refractivity contribution in [3.8, 4) is 11.1 Å². The third-order valence-electron chi connectivity index (χ3n) is 3.58. The Kier molecular flexibility index (Phi) is 4.68. The van der Waals surface area contributed by atoms with Gasteiger partial charge in [0.25, 0.3) is 0 Å². The van der Waals surface area contributed by atoms with E-state index in [0.717, 1.165) is 16.8 Å². The van der Waals surface area contributed by atoms with Crippen LogP contribution >= 0.6 is 0 Å². The first-order valence-electron chi connectivity index (χ1n) is 7.51. The quantitative estimate of drug-likeness (QED) is 0.538. The molecule has 3 aromatic rings. The number of carboxylic acids is 1. The molecule has 0 radical (unpaired) electrons. The maximum Gasteiger partial charge on any atom is 0.336 e. The molecule has 0 atom stereocenters. The molecule has 2 N–H and O–H groups in total. The van der Waals surface area contributed by atoms with Gasteiger partial charge >= 0.3 is 5.97 Å². The second-order valence-electron chi connectivity index (χ2n) is 5.17. The normalized spacial score (nSPS) is 10.7. The Bertz CT molecular complexity index is 874. The van der Waals surface area contributed by atoms with E-state index >= 15 is 0 Å². The molecule has 118 valence electrons. The Morgan fingerprint density at radius 2 is 1.46 bits per heavy atom. The Morgan fingerprint density at radius 3 is 2.21 bits per heavy atom. The van der Waals surface area contributed by atoms with Gasteiger partial charge in [-0.2, -0.15) is 5.10 Å². The van der Waals surface area contributed by atoms with Crippen molar-refractivity contribution < 1.29 is 9.90 Å². The minimum atomic E-state index is -0.945. The van der Waals surface area contributed by atoms with Crippen LogP contribution in [0.15, 0.2) is 84.0 Å². The van der Waals surface area contributed by atoms with E-state index in [9.17, 15) is 9.90 Å². The van der Waals surface area contributed by atoms with Gasteiger partial charge in [0.15, 0.2) is 0 Å². The van der Waals surface area contributed by atoms with E-state index in [1.165, 1.54) is 0 Å². The van der Waals surface area contributed by atoms with Gasteiger partial charge in [0.05, 0.1) is 17.5 Å². The van der Waals surface area contributed by atoms with Crippen LogP contribution in [0.4, 0.5) is 5.69 Å². The summed E-state index contributed by atoms with van der Waals surface area (Å²) in [4.78, 5) is 11.5. The first-order chi connectivity index (χ1) is 11.8. The number of hydrogen-bond acceptors (Lipinski definition) is 3. The molecule has 4 heteroatoms. The Balaban J connectivity index is 1.93. The van der Waals surface area contributed by atoms with Gasteiger partial charge in [0.1, 0.15) is 0 Å². The zero-order chi connectivity index (χ0) is 16.8. The SMILES string of the molecule is O=C(O)c1ccccc1-c1ccccc1C=NNc1ccccc1. The molecular formula is C20H16N2O2. The van der Waals surface area contributed by atoms with Gasteiger partial charge in [0.2, 0.25) is 0 Å². The predicted molar refractivity (Wildman–Crippen MR) is 96.5 cm³/mol. The van der Waals surface area contributed by atoms with Gasteiger partial charge in [-0.25, -0.2) is 4.79 Å². The number of para-hydroxylation sites is 1. The minimum absolute atomic E-state index is 0.273. The third-order valence-corrected chi connectivity index (χ3v) is 3.58. The minimum Gasteiger partial charge on any atom is -0.478 e. The van der Waals surface area contributed by atoms with Crippen molar-refractivity contribution in [3.63, 3.8) is 0 Å². The Labute approximate surface area is 140 Å². The number of carboxylic acid groups (broad SMARTS) is 1. The standard InChI is InChI=1S/C20H16N2O2/c23-20(24)19-13-7-6-12-18(19)17-11-5-4-8-15(17)14-21-22-16-9-2-1-3-10-16/h1-14,22H,(H,23,24). The summed E-state index contributed by atoms with van der Waals surface area (Å²) < 4.78 is 0. The summed E-state index contributed by atoms with van der Waals surface area (Å²) in [5.74, 6) is -0.945. The number of nitrogens with zero attached hydrogens (tertiary/aromatic N) is 1. The van der Waals surface area contributed by atoms with Gasteiger partial charge < -0.3 is 5.11 Å². The van der Waals surface area contributed by atoms with Crippen molar-refractivity contribution in [1.29, 1.82) is 0 Å². The number of benzene rings is 3. The molecule has 0 heterocycles. The van der Waals surface area contributed by atoms with E-state index in [1.807, 2.05) is 60.7 Å². The zero-order valence-corrected chi connectivity index (χ0v) is 12.9. The van der Waals surface area contributed by atoms with Crippen molar-refractivity contribution in [2.24, 2.45) is 5.10 Å². The lowest BCUT2D eigenvalue weighted by Crippen LogP contribution is -2.01. The fourth-order valence-corrected chi connectivity index (χ4v) is 2.45. The summed E-state index contributed by atoms with van der Waals surface area (Å²) >= 11 is 0. The molecule has 0 amide bonds. The summed E-state index contributed by atoms with van der Waals surface area (Å²) in [5, 5.41) is 13.6. The number of aromatic carboxylic acids is 1. The molecule has 0 spiro atoms. The smallest absolute Gasteiger partial charge is 0.336 e. The van der Waals surface area contributed by atoms with Crippen LogP contribution in [0.2, 0.25) is 0 Å². The molecule has 0 unspecified atom stereocenters. The van der Waals surface area contributed by atoms with E-state index in [-0.39, 0.29) is 5.56 Å². The molecule has 24 heavy (non-hydrogen) atoms. The van der Waals surface area contributed by atoms with E-state index in [0.29, 0.717) is 5.56 Å². The number of rotatable bonds is 5. The van der Waals surface area contributed by atoms with Crippen LogP contribution in [0, 0.1) is 0 Å². The number of hydrogen-bond donors (Lipinski definition) is 2. The van der Waals surface area contributed by atoms with Crippen molar-refractivity contribution >= 4 is 17.9 Å². The molecule has 3 aromatic carbocycles. The van der Waals surface area contributed by atoms with E-state index < -0.39 is 5.97 Å². The highest BCUT2D eigenvalue weighted by Gasteiger charge is 2.12. The number of nitrogens with one attached hydrogen (secondary N) is 1. The molecule has 0 aliphatic heterocycles. The summed E-state index contributed by atoms with van der Waals surface area (Å²) in [6.07, 6.45) is 1.70. The van der Waals surface area contributed by atoms with Crippen LogP contribution in [-0.2, 0) is 0 Å². The maximum absolute atomic E-state index is 11.5. The average Bonchev–Trinajstić information content (AvgIpc) is 2.63. The Morgan fingerprint density at radius 1 is 0.833 bits per heavy atom. The van der Waals surface area contributed by atoms with E-state index in [1.54, 1.807) is 24.4 Å². The van der Waals surface area contributed by atoms with Gasteiger partial charge in [-0.3, -0.25) is 5.43 Å². The van der Waals surface area contributed by atoms with Gasteiger partial charge in [-0.15, -0.1) is 0 Å². The highest BCUT2D eigenvalue weighted by atomic mass is 16.4. The van der Waals surface area contributed by atoms with E-state index in [4.69, 9.17) is 0 Å². The van der Waals surface area contributed by atoms with E-state index in [2.05, 4.69) is 10.5 Å². The van der Waals surface area contributed by atoms with Crippen LogP contribution in [0.5, 0.6) is 0 Å². The highest BCUT2D eigenvalue weighted by Crippen LogP contribution is 2.26. The second kappa shape index (κ2) is 7.24. The van der Waals surface area contributed by atoms with Crippen molar-refractivity contribution in [2.45, 2.75) is 0 Å². The molecule has 0 saturated carbocycles. The first-order valence-corrected chi connectivity index (χ1v) is 7.51. The topological polar surface area (TPSA) is 61.7 Å². The fourth-order valence-electron chi connectivity index (χ4n) is 2.45. The molecule has 4 nitrogen and oxygen atoms in total. The molecule has 0 bridgehead atoms. The van der Waals surface area contributed by atoms with Crippen LogP contribution in [0.3, 0.4) is 0 Å². The maximum atomic E-state index is 11.5. The van der Waals surface area contributed by atoms with Crippen LogP contribution in [-0.4, -0.2) is 17.3 Å². The van der Waals surface area contributed by atoms with Crippen molar-refractivity contribution in [2.75, 3.05) is 5.43 Å². The molecule has 0 aromatic heterocycles. The third kappa shape index (κ3) is 3.50. The molecule has 0 fully saturated rings. The summed E-state index contributed by atoms with van der Waals surface area (Å²) in [6.45, 7) is 0. The molecule has 0 aliphatic rings. The fraction of sp³-hybridized carbons (Fsp3) is 0. The van der Waals surface area contributed by atoms with Crippen LogP contribution in [0.25, 0.3) is 11.1 Å². The zero-order valence-electron chi connectivity index (χ0n) is 12.9. The largest absolute Gasteiger partial charge is 0.478 e. The average molecular weight is 316 g/mol. The second-order valence-corrected chi connectivity index (χ2v) is 5.17. The molecule has 0 saturated heterocycles. The van der Waals surface area contributed by atoms with Crippen LogP contribution < -0.4 is 5.43 Å².